The van der Waals surface area contributed by atoms with Crippen LogP contribution in [0, 0.1) is 0 Å². The van der Waals surface area contributed by atoms with Gasteiger partial charge in [0.2, 0.25) is 0 Å². The molecule has 0 spiro atoms. The van der Waals surface area contributed by atoms with E-state index in [0.717, 1.165) is 47.6 Å². The zero-order valence-corrected chi connectivity index (χ0v) is 17.9. The van der Waals surface area contributed by atoms with Gasteiger partial charge in [0.1, 0.15) is 11.6 Å². The van der Waals surface area contributed by atoms with Crippen molar-refractivity contribution in [3.05, 3.63) is 36.0 Å². The molecule has 0 amide bonds. The second-order valence-corrected chi connectivity index (χ2v) is 6.76. The van der Waals surface area contributed by atoms with Crippen LogP contribution in [0.5, 0.6) is 5.75 Å². The van der Waals surface area contributed by atoms with Crippen LogP contribution in [-0.4, -0.2) is 53.1 Å². The number of benzene rings is 1. The highest BCUT2D eigenvalue weighted by atomic mass is 35.5. The Balaban J connectivity index is 0.00000338. The topological polar surface area (TPSA) is 50.3 Å². The van der Waals surface area contributed by atoms with Crippen molar-refractivity contribution in [3.8, 4) is 5.75 Å². The van der Waals surface area contributed by atoms with Crippen molar-refractivity contribution in [1.82, 2.24) is 14.9 Å². The summed E-state index contributed by atoms with van der Waals surface area (Å²) < 4.78 is 5.49. The standard InChI is InChI=1S/C17H22Cl2N4OS.ClH/c1-24-15-4-3-14(21-16-5-8-20-17(22-16)25-2)11-13(15)12-23(9-6-18)10-7-19;/h3-5,8,11H,6-7,9-10,12H2,1-2H3,(H,20,21,22);1H. The third kappa shape index (κ3) is 7.00. The zero-order valence-electron chi connectivity index (χ0n) is 14.7. The molecule has 0 radical (unpaired) electrons. The van der Waals surface area contributed by atoms with Crippen LogP contribution in [0.2, 0.25) is 0 Å². The summed E-state index contributed by atoms with van der Waals surface area (Å²) in [6, 6.07) is 7.83. The lowest BCUT2D eigenvalue weighted by atomic mass is 10.1. The summed E-state index contributed by atoms with van der Waals surface area (Å²) in [5.74, 6) is 2.73. The summed E-state index contributed by atoms with van der Waals surface area (Å²) in [4.78, 5) is 10.8. The van der Waals surface area contributed by atoms with Crippen LogP contribution in [0.15, 0.2) is 35.6 Å². The van der Waals surface area contributed by atoms with Gasteiger partial charge in [-0.2, -0.15) is 0 Å². The highest BCUT2D eigenvalue weighted by Crippen LogP contribution is 2.26. The molecule has 1 aromatic carbocycles. The van der Waals surface area contributed by atoms with Gasteiger partial charge in [-0.25, -0.2) is 9.97 Å². The maximum atomic E-state index is 5.89. The van der Waals surface area contributed by atoms with E-state index < -0.39 is 0 Å². The molecule has 1 aromatic heterocycles. The molecule has 144 valence electrons. The van der Waals surface area contributed by atoms with Crippen LogP contribution in [0.3, 0.4) is 0 Å². The number of rotatable bonds is 10. The molecule has 0 aliphatic heterocycles. The van der Waals surface area contributed by atoms with Gasteiger partial charge in [-0.1, -0.05) is 11.8 Å². The van der Waals surface area contributed by atoms with E-state index in [1.165, 1.54) is 11.8 Å². The molecule has 0 unspecified atom stereocenters. The molecule has 0 fully saturated rings. The van der Waals surface area contributed by atoms with Gasteiger partial charge >= 0.3 is 0 Å². The normalized spacial score (nSPS) is 10.5. The minimum Gasteiger partial charge on any atom is -0.496 e. The summed E-state index contributed by atoms with van der Waals surface area (Å²) in [7, 11) is 1.68. The molecule has 0 saturated heterocycles. The smallest absolute Gasteiger partial charge is 0.189 e. The lowest BCUT2D eigenvalue weighted by Gasteiger charge is -2.22. The second kappa shape index (κ2) is 12.5. The molecule has 26 heavy (non-hydrogen) atoms. The lowest BCUT2D eigenvalue weighted by Crippen LogP contribution is -2.27. The molecule has 0 saturated carbocycles. The molecular formula is C17H23Cl3N4OS. The molecule has 0 aliphatic rings. The van der Waals surface area contributed by atoms with Crippen molar-refractivity contribution < 1.29 is 4.74 Å². The fraction of sp³-hybridized carbons (Fsp3) is 0.412. The van der Waals surface area contributed by atoms with Crippen molar-refractivity contribution in [2.24, 2.45) is 0 Å². The van der Waals surface area contributed by atoms with Crippen LogP contribution < -0.4 is 10.1 Å². The van der Waals surface area contributed by atoms with Gasteiger partial charge < -0.3 is 10.1 Å². The molecule has 5 nitrogen and oxygen atoms in total. The Morgan fingerprint density at radius 2 is 1.92 bits per heavy atom. The monoisotopic (exact) mass is 436 g/mol. The van der Waals surface area contributed by atoms with Crippen LogP contribution in [-0.2, 0) is 6.54 Å². The second-order valence-electron chi connectivity index (χ2n) is 5.23. The Labute approximate surface area is 175 Å². The van der Waals surface area contributed by atoms with Crippen molar-refractivity contribution in [3.63, 3.8) is 0 Å². The van der Waals surface area contributed by atoms with Crippen LogP contribution in [0.1, 0.15) is 5.56 Å². The largest absolute Gasteiger partial charge is 0.496 e. The van der Waals surface area contributed by atoms with Crippen molar-refractivity contribution in [2.75, 3.05) is 43.5 Å². The SMILES string of the molecule is COc1ccc(Nc2ccnc(SC)n2)cc1CN(CCCl)CCCl.Cl. The number of hydrogen-bond acceptors (Lipinski definition) is 6. The van der Waals surface area contributed by atoms with E-state index in [-0.39, 0.29) is 12.4 Å². The first kappa shape index (κ1) is 23.1. The number of methoxy groups -OCH3 is 1. The third-order valence-corrected chi connectivity index (χ3v) is 4.46. The molecule has 1 heterocycles. The number of alkyl halides is 2. The Morgan fingerprint density at radius 1 is 1.19 bits per heavy atom. The number of aromatic nitrogens is 2. The molecule has 0 atom stereocenters. The fourth-order valence-electron chi connectivity index (χ4n) is 2.39. The summed E-state index contributed by atoms with van der Waals surface area (Å²) in [5, 5.41) is 4.05. The zero-order chi connectivity index (χ0) is 18.1. The fourth-order valence-corrected chi connectivity index (χ4v) is 3.22. The Morgan fingerprint density at radius 3 is 2.54 bits per heavy atom. The van der Waals surface area contributed by atoms with E-state index in [1.807, 2.05) is 24.5 Å². The summed E-state index contributed by atoms with van der Waals surface area (Å²) in [6.07, 6.45) is 3.70. The molecule has 2 aromatic rings. The van der Waals surface area contributed by atoms with Crippen molar-refractivity contribution in [1.29, 1.82) is 0 Å². The van der Waals surface area contributed by atoms with E-state index >= 15 is 0 Å². The van der Waals surface area contributed by atoms with Gasteiger partial charge in [0.25, 0.3) is 0 Å². The molecule has 0 bridgehead atoms. The first-order valence-corrected chi connectivity index (χ1v) is 10.1. The summed E-state index contributed by atoms with van der Waals surface area (Å²) >= 11 is 13.3. The number of nitrogens with zero attached hydrogens (tertiary/aromatic N) is 3. The third-order valence-electron chi connectivity index (χ3n) is 3.56. The predicted molar refractivity (Wildman–Crippen MR) is 114 cm³/mol. The van der Waals surface area contributed by atoms with Crippen molar-refractivity contribution >= 4 is 58.9 Å². The van der Waals surface area contributed by atoms with E-state index in [0.29, 0.717) is 11.8 Å². The first-order valence-electron chi connectivity index (χ1n) is 7.85. The minimum atomic E-state index is 0. The Bertz CT molecular complexity index is 672. The Kier molecular flexibility index (Phi) is 11.1. The first-order chi connectivity index (χ1) is 12.2. The molecular weight excluding hydrogens is 415 g/mol. The number of anilines is 2. The van der Waals surface area contributed by atoms with Gasteiger partial charge in [0.15, 0.2) is 5.16 Å². The predicted octanol–water partition coefficient (Wildman–Crippen LogP) is 4.65. The van der Waals surface area contributed by atoms with Gasteiger partial charge in [0.05, 0.1) is 7.11 Å². The van der Waals surface area contributed by atoms with Crippen molar-refractivity contribution in [2.45, 2.75) is 11.7 Å². The number of halogens is 3. The van der Waals surface area contributed by atoms with E-state index in [4.69, 9.17) is 27.9 Å². The molecule has 0 aliphatic carbocycles. The summed E-state index contributed by atoms with van der Waals surface area (Å²) in [6.45, 7) is 2.27. The van der Waals surface area contributed by atoms with Gasteiger partial charge in [0, 0.05) is 48.8 Å². The number of hydrogen-bond donors (Lipinski definition) is 1. The molecule has 2 rings (SSSR count). The van der Waals surface area contributed by atoms with Gasteiger partial charge in [-0.3, -0.25) is 4.90 Å². The lowest BCUT2D eigenvalue weighted by molar-refractivity contribution is 0.292. The van der Waals surface area contributed by atoms with Crippen LogP contribution >= 0.6 is 47.4 Å². The van der Waals surface area contributed by atoms with E-state index in [9.17, 15) is 0 Å². The quantitative estimate of drug-likeness (QED) is 0.332. The number of ether oxygens (including phenoxy) is 1. The highest BCUT2D eigenvalue weighted by Gasteiger charge is 2.11. The molecule has 9 heteroatoms. The van der Waals surface area contributed by atoms with E-state index in [2.05, 4.69) is 26.3 Å². The highest BCUT2D eigenvalue weighted by molar-refractivity contribution is 7.98. The van der Waals surface area contributed by atoms with Crippen LogP contribution in [0.4, 0.5) is 11.5 Å². The maximum absolute atomic E-state index is 5.89. The van der Waals surface area contributed by atoms with Gasteiger partial charge in [-0.05, 0) is 30.5 Å². The van der Waals surface area contributed by atoms with Gasteiger partial charge in [-0.15, -0.1) is 35.6 Å². The summed E-state index contributed by atoms with van der Waals surface area (Å²) in [5.41, 5.74) is 2.01. The van der Waals surface area contributed by atoms with E-state index in [1.54, 1.807) is 13.3 Å². The van der Waals surface area contributed by atoms with Crippen LogP contribution in [0.25, 0.3) is 0 Å². The average molecular weight is 438 g/mol. The average Bonchev–Trinajstić information content (AvgIpc) is 2.62. The number of thioether (sulfide) groups is 1. The number of nitrogens with one attached hydrogen (secondary N) is 1. The maximum Gasteiger partial charge on any atom is 0.189 e. The Hall–Kier alpha value is -0.920. The minimum absolute atomic E-state index is 0. The molecule has 1 N–H and O–H groups in total.